The van der Waals surface area contributed by atoms with Gasteiger partial charge >= 0.3 is 0 Å². The van der Waals surface area contributed by atoms with E-state index in [0.29, 0.717) is 0 Å². The first kappa shape index (κ1) is 7.16. The van der Waals surface area contributed by atoms with Crippen molar-refractivity contribution in [3.63, 3.8) is 0 Å². The minimum Gasteiger partial charge on any atom is -0.235 e. The van der Waals surface area contributed by atoms with Crippen molar-refractivity contribution in [1.29, 1.82) is 0 Å². The average molecular weight is 159 g/mol. The lowest BCUT2D eigenvalue weighted by Gasteiger charge is -1.99. The molecule has 0 aliphatic rings. The standard InChI is InChI=1S/C9H9N3/c1-2-7-3-5-10-9-8(7)4-6-11-12-9/h3-6H,2H2,1H3. The molecule has 12 heavy (non-hydrogen) atoms. The van der Waals surface area contributed by atoms with Crippen molar-refractivity contribution in [3.05, 3.63) is 30.1 Å². The van der Waals surface area contributed by atoms with E-state index in [2.05, 4.69) is 22.1 Å². The molecule has 0 radical (unpaired) electrons. The molecule has 0 N–H and O–H groups in total. The van der Waals surface area contributed by atoms with Crippen LogP contribution in [0.5, 0.6) is 0 Å². The first-order valence-corrected chi connectivity index (χ1v) is 3.97. The minimum absolute atomic E-state index is 0.733. The second-order valence-corrected chi connectivity index (χ2v) is 2.59. The van der Waals surface area contributed by atoms with E-state index >= 15 is 0 Å². The number of aromatic nitrogens is 3. The van der Waals surface area contributed by atoms with Crippen LogP contribution < -0.4 is 0 Å². The van der Waals surface area contributed by atoms with Crippen LogP contribution >= 0.6 is 0 Å². The third-order valence-corrected chi connectivity index (χ3v) is 1.90. The monoisotopic (exact) mass is 159 g/mol. The fourth-order valence-electron chi connectivity index (χ4n) is 1.27. The van der Waals surface area contributed by atoms with Gasteiger partial charge in [-0.15, -0.1) is 5.10 Å². The fraction of sp³-hybridized carbons (Fsp3) is 0.222. The number of hydrogen-bond acceptors (Lipinski definition) is 3. The highest BCUT2D eigenvalue weighted by Gasteiger charge is 1.98. The van der Waals surface area contributed by atoms with E-state index in [-0.39, 0.29) is 0 Å². The first-order valence-electron chi connectivity index (χ1n) is 3.97. The van der Waals surface area contributed by atoms with Crippen LogP contribution in [0.1, 0.15) is 12.5 Å². The van der Waals surface area contributed by atoms with Gasteiger partial charge in [0.25, 0.3) is 0 Å². The van der Waals surface area contributed by atoms with Gasteiger partial charge < -0.3 is 0 Å². The SMILES string of the molecule is CCc1ccnc2nnccc12. The van der Waals surface area contributed by atoms with Crippen molar-refractivity contribution in [2.75, 3.05) is 0 Å². The second-order valence-electron chi connectivity index (χ2n) is 2.59. The van der Waals surface area contributed by atoms with Gasteiger partial charge in [-0.05, 0) is 24.1 Å². The van der Waals surface area contributed by atoms with Gasteiger partial charge in [0.1, 0.15) is 0 Å². The van der Waals surface area contributed by atoms with Crippen molar-refractivity contribution >= 4 is 11.0 Å². The topological polar surface area (TPSA) is 38.7 Å². The molecule has 0 aliphatic carbocycles. The highest BCUT2D eigenvalue weighted by Crippen LogP contribution is 2.12. The van der Waals surface area contributed by atoms with Crippen molar-refractivity contribution in [2.24, 2.45) is 0 Å². The number of rotatable bonds is 1. The fourth-order valence-corrected chi connectivity index (χ4v) is 1.27. The maximum absolute atomic E-state index is 4.12. The lowest BCUT2D eigenvalue weighted by atomic mass is 10.1. The Morgan fingerprint density at radius 2 is 2.17 bits per heavy atom. The molecule has 0 atom stereocenters. The van der Waals surface area contributed by atoms with Crippen LogP contribution in [-0.4, -0.2) is 15.2 Å². The smallest absolute Gasteiger partial charge is 0.181 e. The number of hydrogen-bond donors (Lipinski definition) is 0. The summed E-state index contributed by atoms with van der Waals surface area (Å²) in [5.41, 5.74) is 2.01. The predicted molar refractivity (Wildman–Crippen MR) is 46.7 cm³/mol. The van der Waals surface area contributed by atoms with Crippen LogP contribution in [0.25, 0.3) is 11.0 Å². The zero-order valence-electron chi connectivity index (χ0n) is 6.86. The van der Waals surface area contributed by atoms with Gasteiger partial charge in [0.2, 0.25) is 0 Å². The summed E-state index contributed by atoms with van der Waals surface area (Å²) >= 11 is 0. The second kappa shape index (κ2) is 2.85. The molecule has 2 heterocycles. The van der Waals surface area contributed by atoms with E-state index in [4.69, 9.17) is 0 Å². The summed E-state index contributed by atoms with van der Waals surface area (Å²) < 4.78 is 0. The van der Waals surface area contributed by atoms with Crippen molar-refractivity contribution < 1.29 is 0 Å². The number of nitrogens with zero attached hydrogens (tertiary/aromatic N) is 3. The van der Waals surface area contributed by atoms with Gasteiger partial charge in [-0.1, -0.05) is 6.92 Å². The maximum atomic E-state index is 4.12. The van der Waals surface area contributed by atoms with Crippen molar-refractivity contribution in [2.45, 2.75) is 13.3 Å². The van der Waals surface area contributed by atoms with E-state index in [1.54, 1.807) is 12.4 Å². The van der Waals surface area contributed by atoms with Crippen LogP contribution in [-0.2, 0) is 6.42 Å². The third-order valence-electron chi connectivity index (χ3n) is 1.90. The Morgan fingerprint density at radius 1 is 1.25 bits per heavy atom. The van der Waals surface area contributed by atoms with Gasteiger partial charge in [-0.25, -0.2) is 4.98 Å². The molecular formula is C9H9N3. The Morgan fingerprint density at radius 3 is 3.00 bits per heavy atom. The molecule has 2 aromatic rings. The van der Waals surface area contributed by atoms with Gasteiger partial charge in [0.05, 0.1) is 6.20 Å². The van der Waals surface area contributed by atoms with Crippen LogP contribution in [0.4, 0.5) is 0 Å². The Hall–Kier alpha value is -1.51. The Kier molecular flexibility index (Phi) is 1.70. The molecule has 2 aromatic heterocycles. The summed E-state index contributed by atoms with van der Waals surface area (Å²) in [5, 5.41) is 8.81. The van der Waals surface area contributed by atoms with Gasteiger partial charge in [0, 0.05) is 11.6 Å². The molecule has 0 bridgehead atoms. The quantitative estimate of drug-likeness (QED) is 0.634. The Balaban J connectivity index is 2.79. The highest BCUT2D eigenvalue weighted by molar-refractivity contribution is 5.77. The predicted octanol–water partition coefficient (Wildman–Crippen LogP) is 1.59. The van der Waals surface area contributed by atoms with Crippen LogP contribution in [0.3, 0.4) is 0 Å². The summed E-state index contributed by atoms with van der Waals surface area (Å²) in [7, 11) is 0. The normalized spacial score (nSPS) is 10.4. The van der Waals surface area contributed by atoms with Gasteiger partial charge in [0.15, 0.2) is 5.65 Å². The Bertz CT molecular complexity index is 392. The summed E-state index contributed by atoms with van der Waals surface area (Å²) in [4.78, 5) is 4.12. The average Bonchev–Trinajstić information content (AvgIpc) is 2.17. The molecule has 0 aromatic carbocycles. The summed E-state index contributed by atoms with van der Waals surface area (Å²) in [6.45, 7) is 2.12. The largest absolute Gasteiger partial charge is 0.235 e. The van der Waals surface area contributed by atoms with E-state index < -0.39 is 0 Å². The molecule has 0 fully saturated rings. The molecule has 0 spiro atoms. The molecule has 0 saturated heterocycles. The highest BCUT2D eigenvalue weighted by atomic mass is 15.1. The Labute approximate surface area is 70.5 Å². The zero-order valence-corrected chi connectivity index (χ0v) is 6.86. The third kappa shape index (κ3) is 1.03. The summed E-state index contributed by atoms with van der Waals surface area (Å²) in [6.07, 6.45) is 4.48. The van der Waals surface area contributed by atoms with E-state index in [0.717, 1.165) is 17.5 Å². The zero-order chi connectivity index (χ0) is 8.39. The van der Waals surface area contributed by atoms with E-state index in [9.17, 15) is 0 Å². The molecular weight excluding hydrogens is 150 g/mol. The lowest BCUT2D eigenvalue weighted by molar-refractivity contribution is 1.04. The molecule has 3 nitrogen and oxygen atoms in total. The molecule has 0 amide bonds. The van der Waals surface area contributed by atoms with Crippen LogP contribution in [0.2, 0.25) is 0 Å². The molecule has 60 valence electrons. The molecule has 0 aliphatic heterocycles. The lowest BCUT2D eigenvalue weighted by Crippen LogP contribution is -1.90. The molecule has 3 heteroatoms. The number of aryl methyl sites for hydroxylation is 1. The maximum Gasteiger partial charge on any atom is 0.181 e. The first-order chi connectivity index (χ1) is 5.92. The van der Waals surface area contributed by atoms with Gasteiger partial charge in [-0.2, -0.15) is 5.10 Å². The van der Waals surface area contributed by atoms with E-state index in [1.165, 1.54) is 5.56 Å². The van der Waals surface area contributed by atoms with Crippen LogP contribution in [0.15, 0.2) is 24.5 Å². The molecule has 0 saturated carbocycles. The van der Waals surface area contributed by atoms with Crippen LogP contribution in [0, 0.1) is 0 Å². The number of pyridine rings is 1. The number of fused-ring (bicyclic) bond motifs is 1. The molecule has 0 unspecified atom stereocenters. The van der Waals surface area contributed by atoms with Crippen molar-refractivity contribution in [3.8, 4) is 0 Å². The molecule has 2 rings (SSSR count). The van der Waals surface area contributed by atoms with Gasteiger partial charge in [-0.3, -0.25) is 0 Å². The van der Waals surface area contributed by atoms with E-state index in [1.807, 2.05) is 12.1 Å². The summed E-state index contributed by atoms with van der Waals surface area (Å²) in [6, 6.07) is 3.97. The van der Waals surface area contributed by atoms with Crippen molar-refractivity contribution in [1.82, 2.24) is 15.2 Å². The minimum atomic E-state index is 0.733. The summed E-state index contributed by atoms with van der Waals surface area (Å²) in [5.74, 6) is 0.